The van der Waals surface area contributed by atoms with Crippen molar-refractivity contribution < 1.29 is 13.2 Å². The van der Waals surface area contributed by atoms with Crippen molar-refractivity contribution in [1.29, 1.82) is 0 Å². The van der Waals surface area contributed by atoms with Crippen LogP contribution in [0.5, 0.6) is 0 Å². The van der Waals surface area contributed by atoms with Crippen molar-refractivity contribution in [3.05, 3.63) is 29.8 Å². The highest BCUT2D eigenvalue weighted by Crippen LogP contribution is 2.08. The Labute approximate surface area is 126 Å². The van der Waals surface area contributed by atoms with Crippen LogP contribution in [0.4, 0.5) is 0 Å². The summed E-state index contributed by atoms with van der Waals surface area (Å²) < 4.78 is 22.2. The van der Waals surface area contributed by atoms with Crippen molar-refractivity contribution in [3.8, 4) is 0 Å². The van der Waals surface area contributed by atoms with Crippen LogP contribution in [0.15, 0.2) is 29.2 Å². The molecule has 0 aliphatic rings. The van der Waals surface area contributed by atoms with Gasteiger partial charge in [0.2, 0.25) is 15.9 Å². The number of carbonyl (C=O) groups excluding carboxylic acids is 1. The first-order valence-electron chi connectivity index (χ1n) is 6.91. The number of nitrogens with one attached hydrogen (secondary N) is 2. The maximum atomic E-state index is 11.6. The van der Waals surface area contributed by atoms with Crippen LogP contribution in [0.3, 0.4) is 0 Å². The SMILES string of the molecule is CC(C)NCCCC(=O)NCc1ccc(S(N)(=O)=O)cc1. The lowest BCUT2D eigenvalue weighted by atomic mass is 10.2. The number of rotatable bonds is 8. The van der Waals surface area contributed by atoms with E-state index in [0.717, 1.165) is 18.5 Å². The zero-order valence-electron chi connectivity index (χ0n) is 12.4. The molecule has 0 saturated carbocycles. The number of hydrogen-bond donors (Lipinski definition) is 3. The Hall–Kier alpha value is -1.44. The first-order chi connectivity index (χ1) is 9.79. The minimum Gasteiger partial charge on any atom is -0.352 e. The van der Waals surface area contributed by atoms with Gasteiger partial charge < -0.3 is 10.6 Å². The van der Waals surface area contributed by atoms with Gasteiger partial charge >= 0.3 is 0 Å². The van der Waals surface area contributed by atoms with Gasteiger partial charge in [-0.25, -0.2) is 13.6 Å². The number of amides is 1. The largest absolute Gasteiger partial charge is 0.352 e. The average Bonchev–Trinajstić information content (AvgIpc) is 2.40. The summed E-state index contributed by atoms with van der Waals surface area (Å²) in [6.45, 7) is 5.31. The molecule has 0 aliphatic heterocycles. The highest BCUT2D eigenvalue weighted by molar-refractivity contribution is 7.89. The van der Waals surface area contributed by atoms with Crippen molar-refractivity contribution in [2.45, 2.75) is 44.2 Å². The minimum atomic E-state index is -3.67. The molecule has 0 fully saturated rings. The summed E-state index contributed by atoms with van der Waals surface area (Å²) in [4.78, 5) is 11.7. The van der Waals surface area contributed by atoms with Crippen molar-refractivity contribution in [1.82, 2.24) is 10.6 Å². The van der Waals surface area contributed by atoms with Gasteiger partial charge in [-0.3, -0.25) is 4.79 Å². The lowest BCUT2D eigenvalue weighted by molar-refractivity contribution is -0.121. The fourth-order valence-electron chi connectivity index (χ4n) is 1.73. The first kappa shape index (κ1) is 17.6. The molecule has 0 aromatic heterocycles. The predicted octanol–water partition coefficient (Wildman–Crippen LogP) is 0.728. The molecule has 0 heterocycles. The van der Waals surface area contributed by atoms with Gasteiger partial charge in [0.05, 0.1) is 4.90 Å². The Morgan fingerprint density at radius 2 is 1.86 bits per heavy atom. The van der Waals surface area contributed by atoms with Crippen LogP contribution >= 0.6 is 0 Å². The molecule has 0 radical (unpaired) electrons. The maximum absolute atomic E-state index is 11.6. The first-order valence-corrected chi connectivity index (χ1v) is 8.45. The topological polar surface area (TPSA) is 101 Å². The van der Waals surface area contributed by atoms with E-state index in [2.05, 4.69) is 24.5 Å². The normalized spacial score (nSPS) is 11.6. The summed E-state index contributed by atoms with van der Waals surface area (Å²) in [6, 6.07) is 6.57. The van der Waals surface area contributed by atoms with Crippen LogP contribution in [-0.4, -0.2) is 26.9 Å². The van der Waals surface area contributed by atoms with Gasteiger partial charge in [-0.05, 0) is 30.7 Å². The summed E-state index contributed by atoms with van der Waals surface area (Å²) >= 11 is 0. The predicted molar refractivity (Wildman–Crippen MR) is 82.0 cm³/mol. The van der Waals surface area contributed by atoms with Crippen LogP contribution in [0.25, 0.3) is 0 Å². The Balaban J connectivity index is 2.33. The number of benzene rings is 1. The molecule has 0 bridgehead atoms. The summed E-state index contributed by atoms with van der Waals surface area (Å²) in [7, 11) is -3.67. The zero-order valence-corrected chi connectivity index (χ0v) is 13.2. The summed E-state index contributed by atoms with van der Waals surface area (Å²) in [5.74, 6) is -0.0175. The van der Waals surface area contributed by atoms with Crippen LogP contribution < -0.4 is 15.8 Å². The molecule has 0 spiro atoms. The number of hydrogen-bond acceptors (Lipinski definition) is 4. The number of carbonyl (C=O) groups is 1. The van der Waals surface area contributed by atoms with E-state index in [-0.39, 0.29) is 10.8 Å². The molecule has 7 heteroatoms. The van der Waals surface area contributed by atoms with Crippen LogP contribution in [0.2, 0.25) is 0 Å². The second-order valence-electron chi connectivity index (χ2n) is 5.18. The van der Waals surface area contributed by atoms with Gasteiger partial charge in [0.15, 0.2) is 0 Å². The van der Waals surface area contributed by atoms with Gasteiger partial charge in [0.25, 0.3) is 0 Å². The summed E-state index contributed by atoms with van der Waals surface area (Å²) in [6.07, 6.45) is 1.25. The van der Waals surface area contributed by atoms with Gasteiger partial charge in [-0.15, -0.1) is 0 Å². The lowest BCUT2D eigenvalue weighted by Crippen LogP contribution is -2.27. The van der Waals surface area contributed by atoms with Crippen LogP contribution in [0.1, 0.15) is 32.3 Å². The third-order valence-corrected chi connectivity index (χ3v) is 3.80. The zero-order chi connectivity index (χ0) is 15.9. The number of sulfonamides is 1. The molecule has 0 saturated heterocycles. The lowest BCUT2D eigenvalue weighted by Gasteiger charge is -2.08. The molecular formula is C14H23N3O3S. The van der Waals surface area contributed by atoms with Crippen LogP contribution in [-0.2, 0) is 21.4 Å². The van der Waals surface area contributed by atoms with Gasteiger partial charge in [0.1, 0.15) is 0 Å². The smallest absolute Gasteiger partial charge is 0.238 e. The van der Waals surface area contributed by atoms with E-state index in [9.17, 15) is 13.2 Å². The van der Waals surface area contributed by atoms with E-state index in [0.29, 0.717) is 19.0 Å². The Bertz CT molecular complexity index is 553. The van der Waals surface area contributed by atoms with E-state index in [1.165, 1.54) is 12.1 Å². The van der Waals surface area contributed by atoms with Gasteiger partial charge in [-0.2, -0.15) is 0 Å². The number of primary sulfonamides is 1. The van der Waals surface area contributed by atoms with E-state index in [1.807, 2.05) is 0 Å². The second-order valence-corrected chi connectivity index (χ2v) is 6.74. The monoisotopic (exact) mass is 313 g/mol. The minimum absolute atomic E-state index is 0.0175. The number of nitrogens with two attached hydrogens (primary N) is 1. The molecule has 4 N–H and O–H groups in total. The Morgan fingerprint density at radius 3 is 2.38 bits per heavy atom. The molecule has 21 heavy (non-hydrogen) atoms. The van der Waals surface area contributed by atoms with Crippen molar-refractivity contribution in [3.63, 3.8) is 0 Å². The third kappa shape index (κ3) is 7.22. The average molecular weight is 313 g/mol. The molecule has 118 valence electrons. The molecule has 0 aliphatic carbocycles. The third-order valence-electron chi connectivity index (χ3n) is 2.87. The van der Waals surface area contributed by atoms with E-state index in [4.69, 9.17) is 5.14 Å². The molecule has 1 aromatic carbocycles. The highest BCUT2D eigenvalue weighted by Gasteiger charge is 2.07. The van der Waals surface area contributed by atoms with Crippen molar-refractivity contribution in [2.75, 3.05) is 6.54 Å². The van der Waals surface area contributed by atoms with Gasteiger partial charge in [-0.1, -0.05) is 26.0 Å². The standard InChI is InChI=1S/C14H23N3O3S/c1-11(2)16-9-3-4-14(18)17-10-12-5-7-13(8-6-12)21(15,19)20/h5-8,11,16H,3-4,9-10H2,1-2H3,(H,17,18)(H2,15,19,20). The molecule has 6 nitrogen and oxygen atoms in total. The van der Waals surface area contributed by atoms with Gasteiger partial charge in [0, 0.05) is 19.0 Å². The van der Waals surface area contributed by atoms with Crippen molar-refractivity contribution in [2.24, 2.45) is 5.14 Å². The van der Waals surface area contributed by atoms with Crippen molar-refractivity contribution >= 4 is 15.9 Å². The summed E-state index contributed by atoms with van der Waals surface area (Å²) in [5.41, 5.74) is 0.830. The molecule has 0 unspecified atom stereocenters. The fourth-order valence-corrected chi connectivity index (χ4v) is 2.24. The summed E-state index contributed by atoms with van der Waals surface area (Å²) in [5, 5.41) is 11.1. The van der Waals surface area contributed by atoms with Crippen LogP contribution in [0, 0.1) is 0 Å². The Kier molecular flexibility index (Phi) is 6.80. The maximum Gasteiger partial charge on any atom is 0.238 e. The Morgan fingerprint density at radius 1 is 1.24 bits per heavy atom. The molecule has 0 atom stereocenters. The molecular weight excluding hydrogens is 290 g/mol. The fraction of sp³-hybridized carbons (Fsp3) is 0.500. The van der Waals surface area contributed by atoms with E-state index in [1.54, 1.807) is 12.1 Å². The molecule has 1 amide bonds. The highest BCUT2D eigenvalue weighted by atomic mass is 32.2. The molecule has 1 aromatic rings. The van der Waals surface area contributed by atoms with E-state index >= 15 is 0 Å². The quantitative estimate of drug-likeness (QED) is 0.616. The second kappa shape index (κ2) is 8.11. The molecule has 1 rings (SSSR count). The van der Waals surface area contributed by atoms with E-state index < -0.39 is 10.0 Å².